The van der Waals surface area contributed by atoms with Crippen molar-refractivity contribution < 1.29 is 5.11 Å². The molecular weight excluding hydrogens is 551 g/mol. The summed E-state index contributed by atoms with van der Waals surface area (Å²) in [5.41, 5.74) is 6.48. The molecule has 4 aliphatic carbocycles. The molecule has 42 heavy (non-hydrogen) atoms. The third-order valence-electron chi connectivity index (χ3n) is 11.3. The Balaban J connectivity index is 1.31. The predicted octanol–water partition coefficient (Wildman–Crippen LogP) is 8.79. The van der Waals surface area contributed by atoms with E-state index in [4.69, 9.17) is 0 Å². The second-order valence-electron chi connectivity index (χ2n) is 14.5. The summed E-state index contributed by atoms with van der Waals surface area (Å²) in [5.74, 6) is 14.3. The minimum atomic E-state index is 0.356. The van der Waals surface area contributed by atoms with Gasteiger partial charge in [-0.1, -0.05) is 82.8 Å². The van der Waals surface area contributed by atoms with Crippen LogP contribution >= 0.6 is 21.6 Å². The van der Waals surface area contributed by atoms with Crippen LogP contribution in [0.5, 0.6) is 5.75 Å². The van der Waals surface area contributed by atoms with E-state index in [0.29, 0.717) is 29.0 Å². The van der Waals surface area contributed by atoms with E-state index in [0.717, 1.165) is 60.8 Å². The van der Waals surface area contributed by atoms with Crippen LogP contribution in [0.25, 0.3) is 0 Å². The first-order valence-electron chi connectivity index (χ1n) is 16.5. The molecule has 0 unspecified atom stereocenters. The first-order valence-corrected chi connectivity index (χ1v) is 19.0. The second-order valence-corrected chi connectivity index (χ2v) is 17.1. The lowest BCUT2D eigenvalue weighted by Gasteiger charge is -2.57. The Morgan fingerprint density at radius 1 is 0.952 bits per heavy atom. The number of hydrogen-bond acceptors (Lipinski definition) is 4. The van der Waals surface area contributed by atoms with Crippen molar-refractivity contribution in [3.63, 3.8) is 0 Å². The van der Waals surface area contributed by atoms with Gasteiger partial charge in [-0.15, -0.1) is 0 Å². The Kier molecular flexibility index (Phi) is 8.47. The minimum absolute atomic E-state index is 0.356. The fraction of sp³-hybridized carbons (Fsp3) is 0.579. The fourth-order valence-corrected chi connectivity index (χ4v) is 12.3. The molecule has 1 aliphatic heterocycles. The Labute approximate surface area is 261 Å². The number of phenolic OH excluding ortho intramolecular Hbond substituents is 1. The average Bonchev–Trinajstić information content (AvgIpc) is 2.96. The summed E-state index contributed by atoms with van der Waals surface area (Å²) >= 11 is 0. The number of hydrogen-bond donors (Lipinski definition) is 2. The molecule has 5 aliphatic rings. The van der Waals surface area contributed by atoms with Crippen molar-refractivity contribution in [2.75, 3.05) is 11.5 Å². The van der Waals surface area contributed by atoms with Crippen molar-refractivity contribution >= 4 is 21.6 Å². The lowest BCUT2D eigenvalue weighted by atomic mass is 9.47. The molecule has 1 heterocycles. The molecule has 6 bridgehead atoms. The third kappa shape index (κ3) is 5.96. The molecule has 0 saturated heterocycles. The van der Waals surface area contributed by atoms with E-state index in [9.17, 15) is 5.11 Å². The fourth-order valence-electron chi connectivity index (χ4n) is 9.51. The summed E-state index contributed by atoms with van der Waals surface area (Å²) < 4.78 is 0. The third-order valence-corrected chi connectivity index (χ3v) is 14.0. The highest BCUT2D eigenvalue weighted by molar-refractivity contribution is 8.76. The van der Waals surface area contributed by atoms with E-state index in [2.05, 4.69) is 95.1 Å². The summed E-state index contributed by atoms with van der Waals surface area (Å²) in [5, 5.41) is 15.2. The zero-order valence-corrected chi connectivity index (χ0v) is 27.0. The standard InChI is InChI=1S/C38H47NOS2/c1-25-7-6-12-38(20-25)21-27-8-5-11-34-32-14-28(18-37(34)40)13-30-9-3-4-10-31(30)22-39-26(2)23-41-42-24-29-15-33(19-32)35(16-27)36(38)17-29/h3-4,6,9-10,12,14,18,25-27,29,33,35-36,39-40H,7-8,13,15-17,19-24H2,1-2H3/t25-,26+,27-,29+,33+,35-,36-,38-/m0/s1. The van der Waals surface area contributed by atoms with E-state index >= 15 is 0 Å². The highest BCUT2D eigenvalue weighted by atomic mass is 33.1. The van der Waals surface area contributed by atoms with Crippen LogP contribution in [0.15, 0.2) is 48.6 Å². The number of aromatic hydroxyl groups is 1. The molecule has 2 aromatic rings. The summed E-state index contributed by atoms with van der Waals surface area (Å²) in [7, 11) is 4.20. The monoisotopic (exact) mass is 597 g/mol. The van der Waals surface area contributed by atoms with Crippen LogP contribution in [0.2, 0.25) is 0 Å². The zero-order valence-electron chi connectivity index (χ0n) is 25.4. The van der Waals surface area contributed by atoms with Gasteiger partial charge in [0, 0.05) is 30.5 Å². The predicted molar refractivity (Wildman–Crippen MR) is 180 cm³/mol. The summed E-state index contributed by atoms with van der Waals surface area (Å²) in [6.45, 7) is 5.70. The Hall–Kier alpha value is -1.80. The molecule has 0 radical (unpaired) electrons. The molecular formula is C38H47NOS2. The van der Waals surface area contributed by atoms with Crippen LogP contribution in [-0.4, -0.2) is 22.7 Å². The van der Waals surface area contributed by atoms with Crippen LogP contribution in [0.3, 0.4) is 0 Å². The molecule has 0 aromatic heterocycles. The Morgan fingerprint density at radius 2 is 1.81 bits per heavy atom. The molecule has 2 saturated carbocycles. The van der Waals surface area contributed by atoms with Gasteiger partial charge in [-0.2, -0.15) is 0 Å². The SMILES string of the molecule is C[C@H]1CC=C[C@]2(C1)C[C@H]1CC#Cc3c(O)cc4cc3C[C@H]3C[C@@H](CSSC[C@@H](C)NCc5ccccc5C4)C[C@H]2[C@H]3C1. The van der Waals surface area contributed by atoms with Crippen molar-refractivity contribution in [2.24, 2.45) is 40.9 Å². The quantitative estimate of drug-likeness (QED) is 0.181. The first kappa shape index (κ1) is 28.9. The van der Waals surface area contributed by atoms with Crippen molar-refractivity contribution in [3.05, 3.63) is 76.4 Å². The summed E-state index contributed by atoms with van der Waals surface area (Å²) in [6, 6.07) is 13.7. The van der Waals surface area contributed by atoms with Crippen molar-refractivity contribution in [2.45, 2.75) is 84.2 Å². The van der Waals surface area contributed by atoms with Crippen LogP contribution in [0, 0.1) is 52.8 Å². The number of phenols is 1. The Morgan fingerprint density at radius 3 is 2.69 bits per heavy atom. The normalized spacial score (nSPS) is 36.2. The van der Waals surface area contributed by atoms with E-state index in [1.807, 2.05) is 6.07 Å². The topological polar surface area (TPSA) is 32.3 Å². The smallest absolute Gasteiger partial charge is 0.131 e. The molecule has 2 nitrogen and oxygen atoms in total. The molecule has 0 amide bonds. The van der Waals surface area contributed by atoms with Crippen LogP contribution < -0.4 is 5.32 Å². The van der Waals surface area contributed by atoms with Crippen molar-refractivity contribution in [1.82, 2.24) is 5.32 Å². The maximum absolute atomic E-state index is 11.4. The molecule has 222 valence electrons. The van der Waals surface area contributed by atoms with Crippen molar-refractivity contribution in [3.8, 4) is 17.6 Å². The number of rotatable bonds is 0. The van der Waals surface area contributed by atoms with Crippen molar-refractivity contribution in [1.29, 1.82) is 0 Å². The zero-order chi connectivity index (χ0) is 28.7. The molecule has 7 rings (SSSR count). The second kappa shape index (κ2) is 12.3. The van der Waals surface area contributed by atoms with Gasteiger partial charge in [0.1, 0.15) is 5.75 Å². The molecule has 2 N–H and O–H groups in total. The number of nitrogens with one attached hydrogen (secondary N) is 1. The highest BCUT2D eigenvalue weighted by Crippen LogP contribution is 2.61. The van der Waals surface area contributed by atoms with E-state index in [1.165, 1.54) is 66.5 Å². The minimum Gasteiger partial charge on any atom is -0.507 e. The van der Waals surface area contributed by atoms with Gasteiger partial charge in [0.05, 0.1) is 5.56 Å². The highest BCUT2D eigenvalue weighted by Gasteiger charge is 2.53. The molecule has 8 atom stereocenters. The maximum atomic E-state index is 11.4. The average molecular weight is 598 g/mol. The molecule has 1 spiro atoms. The van der Waals surface area contributed by atoms with E-state index in [1.54, 1.807) is 0 Å². The van der Waals surface area contributed by atoms with Crippen LogP contribution in [0.1, 0.15) is 86.6 Å². The van der Waals surface area contributed by atoms with Gasteiger partial charge < -0.3 is 10.4 Å². The molecule has 2 fully saturated rings. The lowest BCUT2D eigenvalue weighted by molar-refractivity contribution is -0.0450. The van der Waals surface area contributed by atoms with Gasteiger partial charge in [-0.05, 0) is 128 Å². The maximum Gasteiger partial charge on any atom is 0.131 e. The largest absolute Gasteiger partial charge is 0.507 e. The van der Waals surface area contributed by atoms with E-state index in [-0.39, 0.29) is 0 Å². The molecule has 2 aromatic carbocycles. The summed E-state index contributed by atoms with van der Waals surface area (Å²) in [4.78, 5) is 0. The van der Waals surface area contributed by atoms with Gasteiger partial charge in [-0.3, -0.25) is 0 Å². The van der Waals surface area contributed by atoms with Gasteiger partial charge >= 0.3 is 0 Å². The lowest BCUT2D eigenvalue weighted by Crippen LogP contribution is -2.50. The van der Waals surface area contributed by atoms with Gasteiger partial charge in [-0.25, -0.2) is 0 Å². The number of allylic oxidation sites excluding steroid dienone is 2. The van der Waals surface area contributed by atoms with Gasteiger partial charge in [0.15, 0.2) is 0 Å². The number of benzene rings is 2. The van der Waals surface area contributed by atoms with Crippen LogP contribution in [-0.2, 0) is 19.4 Å². The first-order chi connectivity index (χ1) is 20.5. The van der Waals surface area contributed by atoms with E-state index < -0.39 is 0 Å². The van der Waals surface area contributed by atoms with Crippen LogP contribution in [0.4, 0.5) is 0 Å². The van der Waals surface area contributed by atoms with Gasteiger partial charge in [0.2, 0.25) is 0 Å². The molecule has 4 heteroatoms. The summed E-state index contributed by atoms with van der Waals surface area (Å²) in [6.07, 6.45) is 16.1. The Bertz CT molecular complexity index is 1390. The number of fused-ring (bicyclic) bond motifs is 5. The van der Waals surface area contributed by atoms with Gasteiger partial charge in [0.25, 0.3) is 0 Å².